The van der Waals surface area contributed by atoms with Crippen molar-refractivity contribution in [3.8, 4) is 0 Å². The first kappa shape index (κ1) is 19.5. The summed E-state index contributed by atoms with van der Waals surface area (Å²) in [5, 5.41) is 3.57. The van der Waals surface area contributed by atoms with Crippen molar-refractivity contribution in [2.45, 2.75) is 13.3 Å². The van der Waals surface area contributed by atoms with Gasteiger partial charge in [-0.15, -0.1) is 0 Å². The van der Waals surface area contributed by atoms with E-state index in [2.05, 4.69) is 10.2 Å². The molecule has 1 atom stereocenters. The second-order valence-corrected chi connectivity index (χ2v) is 6.94. The van der Waals surface area contributed by atoms with Crippen molar-refractivity contribution in [3.63, 3.8) is 0 Å². The SMILES string of the molecule is CCCNC(=O)C[NH+](C)CC(=O)N1CCN(c2cccc(Cl)c2)CC1. The van der Waals surface area contributed by atoms with Gasteiger partial charge in [0.2, 0.25) is 0 Å². The molecule has 1 unspecified atom stereocenters. The zero-order valence-electron chi connectivity index (χ0n) is 15.1. The van der Waals surface area contributed by atoms with E-state index in [1.54, 1.807) is 0 Å². The Hall–Kier alpha value is -1.79. The van der Waals surface area contributed by atoms with Crippen molar-refractivity contribution in [2.75, 3.05) is 57.8 Å². The molecule has 1 aromatic rings. The Balaban J connectivity index is 1.76. The maximum Gasteiger partial charge on any atom is 0.277 e. The predicted octanol–water partition coefficient (Wildman–Crippen LogP) is 0.0295. The Kier molecular flexibility index (Phi) is 7.52. The van der Waals surface area contributed by atoms with Gasteiger partial charge in [0.05, 0.1) is 7.05 Å². The minimum Gasteiger partial charge on any atom is -0.368 e. The van der Waals surface area contributed by atoms with Gasteiger partial charge in [-0.05, 0) is 24.6 Å². The summed E-state index contributed by atoms with van der Waals surface area (Å²) in [7, 11) is 1.88. The third-order valence-corrected chi connectivity index (χ3v) is 4.53. The summed E-state index contributed by atoms with van der Waals surface area (Å²) in [6.07, 6.45) is 0.917. The molecule has 1 fully saturated rings. The summed E-state index contributed by atoms with van der Waals surface area (Å²) in [4.78, 5) is 29.2. The van der Waals surface area contributed by atoms with Gasteiger partial charge in [-0.3, -0.25) is 9.59 Å². The largest absolute Gasteiger partial charge is 0.368 e. The fourth-order valence-electron chi connectivity index (χ4n) is 2.92. The highest BCUT2D eigenvalue weighted by Gasteiger charge is 2.24. The number of hydrogen-bond donors (Lipinski definition) is 2. The lowest BCUT2D eigenvalue weighted by atomic mass is 10.2. The first-order chi connectivity index (χ1) is 12.0. The number of hydrogen-bond acceptors (Lipinski definition) is 3. The number of piperazine rings is 1. The van der Waals surface area contributed by atoms with E-state index in [0.717, 1.165) is 35.1 Å². The van der Waals surface area contributed by atoms with Crippen LogP contribution in [0.5, 0.6) is 0 Å². The first-order valence-corrected chi connectivity index (χ1v) is 9.23. The molecule has 1 heterocycles. The van der Waals surface area contributed by atoms with Crippen LogP contribution in [0.3, 0.4) is 0 Å². The van der Waals surface area contributed by atoms with E-state index in [9.17, 15) is 9.59 Å². The normalized spacial score (nSPS) is 15.8. The van der Waals surface area contributed by atoms with E-state index in [4.69, 9.17) is 11.6 Å². The number of rotatable bonds is 7. The van der Waals surface area contributed by atoms with E-state index < -0.39 is 0 Å². The number of nitrogens with zero attached hydrogens (tertiary/aromatic N) is 2. The van der Waals surface area contributed by atoms with E-state index in [-0.39, 0.29) is 11.8 Å². The first-order valence-electron chi connectivity index (χ1n) is 8.86. The molecule has 0 aliphatic carbocycles. The van der Waals surface area contributed by atoms with Gasteiger partial charge < -0.3 is 20.0 Å². The highest BCUT2D eigenvalue weighted by atomic mass is 35.5. The number of carbonyl (C=O) groups excluding carboxylic acids is 2. The standard InChI is InChI=1S/C18H27ClN4O2/c1-3-7-20-17(24)13-21(2)14-18(25)23-10-8-22(9-11-23)16-6-4-5-15(19)12-16/h4-6,12H,3,7-11,13-14H2,1-2H3,(H,20,24)/p+1. The summed E-state index contributed by atoms with van der Waals surface area (Å²) in [6.45, 7) is 6.35. The molecule has 0 radical (unpaired) electrons. The molecule has 25 heavy (non-hydrogen) atoms. The van der Waals surface area contributed by atoms with Crippen LogP contribution in [0.1, 0.15) is 13.3 Å². The fourth-order valence-corrected chi connectivity index (χ4v) is 3.10. The van der Waals surface area contributed by atoms with Crippen molar-refractivity contribution in [2.24, 2.45) is 0 Å². The summed E-state index contributed by atoms with van der Waals surface area (Å²) < 4.78 is 0. The molecule has 1 aliphatic rings. The van der Waals surface area contributed by atoms with Gasteiger partial charge in [0.25, 0.3) is 11.8 Å². The predicted molar refractivity (Wildman–Crippen MR) is 100 cm³/mol. The molecule has 0 saturated carbocycles. The molecule has 2 rings (SSSR count). The molecule has 6 nitrogen and oxygen atoms in total. The van der Waals surface area contributed by atoms with Crippen molar-refractivity contribution in [1.29, 1.82) is 0 Å². The molecular formula is C18H28ClN4O2+. The summed E-state index contributed by atoms with van der Waals surface area (Å²) in [5.74, 6) is 0.101. The summed E-state index contributed by atoms with van der Waals surface area (Å²) in [6, 6.07) is 7.79. The molecule has 138 valence electrons. The molecule has 1 aliphatic heterocycles. The molecule has 0 spiro atoms. The van der Waals surface area contributed by atoms with E-state index in [0.29, 0.717) is 32.7 Å². The van der Waals surface area contributed by atoms with Crippen molar-refractivity contribution in [1.82, 2.24) is 10.2 Å². The molecule has 1 aromatic carbocycles. The summed E-state index contributed by atoms with van der Waals surface area (Å²) >= 11 is 6.05. The van der Waals surface area contributed by atoms with Crippen molar-refractivity contribution in [3.05, 3.63) is 29.3 Å². The van der Waals surface area contributed by atoms with Crippen LogP contribution in [-0.4, -0.2) is 69.6 Å². The monoisotopic (exact) mass is 367 g/mol. The average molecular weight is 368 g/mol. The van der Waals surface area contributed by atoms with Crippen LogP contribution in [0.25, 0.3) is 0 Å². The van der Waals surface area contributed by atoms with Crippen molar-refractivity contribution >= 4 is 29.1 Å². The Morgan fingerprint density at radius 2 is 1.92 bits per heavy atom. The van der Waals surface area contributed by atoms with Gasteiger partial charge >= 0.3 is 0 Å². The number of halogens is 1. The maximum atomic E-state index is 12.4. The quantitative estimate of drug-likeness (QED) is 0.715. The van der Waals surface area contributed by atoms with E-state index in [1.807, 2.05) is 43.1 Å². The molecule has 0 bridgehead atoms. The van der Waals surface area contributed by atoms with Crippen molar-refractivity contribution < 1.29 is 14.5 Å². The minimum atomic E-state index is -0.00192. The molecule has 1 saturated heterocycles. The van der Waals surface area contributed by atoms with Crippen LogP contribution in [0.4, 0.5) is 5.69 Å². The van der Waals surface area contributed by atoms with Gasteiger partial charge in [0.1, 0.15) is 0 Å². The molecule has 2 amide bonds. The number of nitrogens with one attached hydrogen (secondary N) is 2. The van der Waals surface area contributed by atoms with Gasteiger partial charge in [-0.1, -0.05) is 24.6 Å². The van der Waals surface area contributed by atoms with Crippen LogP contribution >= 0.6 is 11.6 Å². The maximum absolute atomic E-state index is 12.4. The smallest absolute Gasteiger partial charge is 0.277 e. The van der Waals surface area contributed by atoms with E-state index in [1.165, 1.54) is 0 Å². The Morgan fingerprint density at radius 1 is 1.20 bits per heavy atom. The van der Waals surface area contributed by atoms with Gasteiger partial charge in [0, 0.05) is 43.4 Å². The molecule has 7 heteroatoms. The van der Waals surface area contributed by atoms with Crippen LogP contribution in [0, 0.1) is 0 Å². The van der Waals surface area contributed by atoms with Gasteiger partial charge in [-0.25, -0.2) is 0 Å². The zero-order chi connectivity index (χ0) is 18.2. The summed E-state index contributed by atoms with van der Waals surface area (Å²) in [5.41, 5.74) is 1.09. The molecule has 0 aromatic heterocycles. The van der Waals surface area contributed by atoms with Crippen LogP contribution in [-0.2, 0) is 9.59 Å². The Bertz CT molecular complexity index is 588. The number of quaternary nitrogens is 1. The fraction of sp³-hybridized carbons (Fsp3) is 0.556. The second kappa shape index (κ2) is 9.63. The topological polar surface area (TPSA) is 57.1 Å². The van der Waals surface area contributed by atoms with Crippen LogP contribution in [0.2, 0.25) is 5.02 Å². The lowest BCUT2D eigenvalue weighted by Crippen LogP contribution is -3.11. The highest BCUT2D eigenvalue weighted by Crippen LogP contribution is 2.20. The molecular weight excluding hydrogens is 340 g/mol. The Labute approximate surface area is 154 Å². The van der Waals surface area contributed by atoms with E-state index >= 15 is 0 Å². The highest BCUT2D eigenvalue weighted by molar-refractivity contribution is 6.30. The number of carbonyl (C=O) groups is 2. The molecule has 2 N–H and O–H groups in total. The van der Waals surface area contributed by atoms with Crippen LogP contribution < -0.4 is 15.1 Å². The number of likely N-dealkylation sites (N-methyl/N-ethyl adjacent to an activating group) is 1. The van der Waals surface area contributed by atoms with Gasteiger partial charge in [0.15, 0.2) is 13.1 Å². The minimum absolute atomic E-state index is 0.00192. The average Bonchev–Trinajstić information content (AvgIpc) is 2.60. The zero-order valence-corrected chi connectivity index (χ0v) is 15.8. The van der Waals surface area contributed by atoms with Gasteiger partial charge in [-0.2, -0.15) is 0 Å². The second-order valence-electron chi connectivity index (χ2n) is 6.51. The number of anilines is 1. The Morgan fingerprint density at radius 3 is 2.56 bits per heavy atom. The third kappa shape index (κ3) is 6.21. The number of benzene rings is 1. The third-order valence-electron chi connectivity index (χ3n) is 4.29. The lowest BCUT2D eigenvalue weighted by molar-refractivity contribution is -0.863. The van der Waals surface area contributed by atoms with Crippen LogP contribution in [0.15, 0.2) is 24.3 Å². The number of amides is 2. The lowest BCUT2D eigenvalue weighted by Gasteiger charge is -2.36.